The van der Waals surface area contributed by atoms with E-state index in [1.165, 1.54) is 0 Å². The van der Waals surface area contributed by atoms with Gasteiger partial charge in [-0.3, -0.25) is 0 Å². The third-order valence-corrected chi connectivity index (χ3v) is 4.02. The molecule has 0 aliphatic carbocycles. The molecule has 1 aromatic rings. The molecule has 0 saturated heterocycles. The first-order valence-electron chi connectivity index (χ1n) is 7.00. The molecule has 0 radical (unpaired) electrons. The van der Waals surface area contributed by atoms with Gasteiger partial charge in [-0.05, 0) is 42.2 Å². The zero-order chi connectivity index (χ0) is 14.8. The Morgan fingerprint density at radius 2 is 2.10 bits per heavy atom. The summed E-state index contributed by atoms with van der Waals surface area (Å²) in [4.78, 5) is 0. The van der Waals surface area contributed by atoms with Gasteiger partial charge in [0.2, 0.25) is 0 Å². The van der Waals surface area contributed by atoms with Gasteiger partial charge in [-0.1, -0.05) is 25.4 Å². The molecule has 0 aliphatic rings. The van der Waals surface area contributed by atoms with Crippen LogP contribution in [0.15, 0.2) is 12.1 Å². The molecule has 0 aliphatic heterocycles. The molecule has 5 heteroatoms. The lowest BCUT2D eigenvalue weighted by atomic mass is 10.2. The molecule has 0 heterocycles. The topological polar surface area (TPSA) is 30.5 Å². The second-order valence-electron chi connectivity index (χ2n) is 4.29. The quantitative estimate of drug-likeness (QED) is 0.661. The first-order valence-corrected chi connectivity index (χ1v) is 8.53. The SMILES string of the molecule is CCNCc1cc(Cl)c(OCCCSCC)c(OC)c1. The van der Waals surface area contributed by atoms with Gasteiger partial charge in [0.15, 0.2) is 11.5 Å². The highest BCUT2D eigenvalue weighted by molar-refractivity contribution is 7.99. The zero-order valence-electron chi connectivity index (χ0n) is 12.5. The first kappa shape index (κ1) is 17.5. The van der Waals surface area contributed by atoms with Crippen LogP contribution in [0.3, 0.4) is 0 Å². The predicted molar refractivity (Wildman–Crippen MR) is 88.5 cm³/mol. The molecule has 0 saturated carbocycles. The van der Waals surface area contributed by atoms with Crippen LogP contribution in [0.25, 0.3) is 0 Å². The van der Waals surface area contributed by atoms with Gasteiger partial charge in [0.25, 0.3) is 0 Å². The summed E-state index contributed by atoms with van der Waals surface area (Å²) in [7, 11) is 1.64. The lowest BCUT2D eigenvalue weighted by molar-refractivity contribution is 0.295. The highest BCUT2D eigenvalue weighted by Gasteiger charge is 2.11. The number of ether oxygens (including phenoxy) is 2. The van der Waals surface area contributed by atoms with E-state index in [1.807, 2.05) is 23.9 Å². The standard InChI is InChI=1S/C15H24ClNO2S/c1-4-17-11-12-9-13(16)15(14(10-12)18-3)19-7-6-8-20-5-2/h9-10,17H,4-8,11H2,1-3H3. The number of thioether (sulfide) groups is 1. The molecule has 1 N–H and O–H groups in total. The van der Waals surface area contributed by atoms with E-state index < -0.39 is 0 Å². The Kier molecular flexibility index (Phi) is 8.90. The molecule has 0 spiro atoms. The number of halogens is 1. The maximum Gasteiger partial charge on any atom is 0.179 e. The number of methoxy groups -OCH3 is 1. The maximum atomic E-state index is 6.29. The minimum atomic E-state index is 0.611. The molecule has 0 fully saturated rings. The zero-order valence-corrected chi connectivity index (χ0v) is 14.1. The molecule has 3 nitrogen and oxygen atoms in total. The molecule has 114 valence electrons. The van der Waals surface area contributed by atoms with Crippen molar-refractivity contribution in [2.75, 3.05) is 31.8 Å². The van der Waals surface area contributed by atoms with Crippen LogP contribution in [0.5, 0.6) is 11.5 Å². The van der Waals surface area contributed by atoms with Crippen molar-refractivity contribution in [3.05, 3.63) is 22.7 Å². The summed E-state index contributed by atoms with van der Waals surface area (Å²) in [6.45, 7) is 6.60. The van der Waals surface area contributed by atoms with Crippen LogP contribution in [0.1, 0.15) is 25.8 Å². The fraction of sp³-hybridized carbons (Fsp3) is 0.600. The summed E-state index contributed by atoms with van der Waals surface area (Å²) in [6.07, 6.45) is 1.01. The molecule has 0 unspecified atom stereocenters. The fourth-order valence-corrected chi connectivity index (χ4v) is 2.66. The minimum Gasteiger partial charge on any atom is -0.493 e. The number of benzene rings is 1. The van der Waals surface area contributed by atoms with Gasteiger partial charge >= 0.3 is 0 Å². The van der Waals surface area contributed by atoms with Crippen LogP contribution in [0.4, 0.5) is 0 Å². The lowest BCUT2D eigenvalue weighted by Gasteiger charge is -2.14. The Labute approximate surface area is 131 Å². The Bertz CT molecular complexity index is 402. The van der Waals surface area contributed by atoms with E-state index in [0.717, 1.165) is 36.6 Å². The van der Waals surface area contributed by atoms with Crippen molar-refractivity contribution in [3.8, 4) is 11.5 Å². The Morgan fingerprint density at radius 3 is 2.75 bits per heavy atom. The van der Waals surface area contributed by atoms with E-state index in [9.17, 15) is 0 Å². The predicted octanol–water partition coefficient (Wildman–Crippen LogP) is 3.98. The highest BCUT2D eigenvalue weighted by Crippen LogP contribution is 2.36. The van der Waals surface area contributed by atoms with Crippen molar-refractivity contribution in [1.29, 1.82) is 0 Å². The van der Waals surface area contributed by atoms with Crippen molar-refractivity contribution in [2.45, 2.75) is 26.8 Å². The monoisotopic (exact) mass is 317 g/mol. The molecule has 0 bridgehead atoms. The summed E-state index contributed by atoms with van der Waals surface area (Å²) in [5, 5.41) is 3.88. The second kappa shape index (κ2) is 10.2. The van der Waals surface area contributed by atoms with Crippen molar-refractivity contribution in [2.24, 2.45) is 0 Å². The van der Waals surface area contributed by atoms with Crippen LogP contribution >= 0.6 is 23.4 Å². The summed E-state index contributed by atoms with van der Waals surface area (Å²) in [6, 6.07) is 3.91. The Balaban J connectivity index is 2.64. The molecular weight excluding hydrogens is 294 g/mol. The van der Waals surface area contributed by atoms with E-state index in [0.29, 0.717) is 23.1 Å². The van der Waals surface area contributed by atoms with Gasteiger partial charge < -0.3 is 14.8 Å². The van der Waals surface area contributed by atoms with Crippen LogP contribution in [-0.2, 0) is 6.54 Å². The number of nitrogens with one attached hydrogen (secondary N) is 1. The third kappa shape index (κ3) is 5.81. The van der Waals surface area contributed by atoms with Crippen molar-refractivity contribution < 1.29 is 9.47 Å². The van der Waals surface area contributed by atoms with Gasteiger partial charge in [-0.15, -0.1) is 0 Å². The summed E-state index contributed by atoms with van der Waals surface area (Å²) < 4.78 is 11.2. The van der Waals surface area contributed by atoms with Crippen LogP contribution in [-0.4, -0.2) is 31.8 Å². The van der Waals surface area contributed by atoms with Gasteiger partial charge in [0.05, 0.1) is 18.7 Å². The second-order valence-corrected chi connectivity index (χ2v) is 6.09. The van der Waals surface area contributed by atoms with Crippen LogP contribution in [0, 0.1) is 0 Å². The van der Waals surface area contributed by atoms with E-state index in [-0.39, 0.29) is 0 Å². The van der Waals surface area contributed by atoms with Crippen LogP contribution < -0.4 is 14.8 Å². The summed E-state index contributed by atoms with van der Waals surface area (Å²) in [5.74, 6) is 3.60. The molecule has 0 aromatic heterocycles. The third-order valence-electron chi connectivity index (χ3n) is 2.75. The Hall–Kier alpha value is -0.580. The average Bonchev–Trinajstić information content (AvgIpc) is 2.46. The maximum absolute atomic E-state index is 6.29. The van der Waals surface area contributed by atoms with Crippen molar-refractivity contribution in [3.63, 3.8) is 0 Å². The van der Waals surface area contributed by atoms with E-state index in [1.54, 1.807) is 7.11 Å². The smallest absolute Gasteiger partial charge is 0.179 e. The summed E-state index contributed by atoms with van der Waals surface area (Å²) >= 11 is 8.21. The lowest BCUT2D eigenvalue weighted by Crippen LogP contribution is -2.12. The highest BCUT2D eigenvalue weighted by atomic mass is 35.5. The Morgan fingerprint density at radius 1 is 1.30 bits per heavy atom. The normalized spacial score (nSPS) is 10.6. The van der Waals surface area contributed by atoms with E-state index in [4.69, 9.17) is 21.1 Å². The number of rotatable bonds is 10. The fourth-order valence-electron chi connectivity index (χ4n) is 1.76. The minimum absolute atomic E-state index is 0.611. The molecule has 20 heavy (non-hydrogen) atoms. The number of hydrogen-bond donors (Lipinski definition) is 1. The van der Waals surface area contributed by atoms with Gasteiger partial charge in [-0.2, -0.15) is 11.8 Å². The first-order chi connectivity index (χ1) is 9.72. The molecular formula is C15H24ClNO2S. The largest absolute Gasteiger partial charge is 0.493 e. The van der Waals surface area contributed by atoms with E-state index in [2.05, 4.69) is 19.2 Å². The van der Waals surface area contributed by atoms with Gasteiger partial charge in [-0.25, -0.2) is 0 Å². The average molecular weight is 318 g/mol. The van der Waals surface area contributed by atoms with E-state index >= 15 is 0 Å². The molecule has 0 amide bonds. The van der Waals surface area contributed by atoms with Crippen molar-refractivity contribution in [1.82, 2.24) is 5.32 Å². The molecule has 1 aromatic carbocycles. The molecule has 1 rings (SSSR count). The number of hydrogen-bond acceptors (Lipinski definition) is 4. The van der Waals surface area contributed by atoms with Crippen LogP contribution in [0.2, 0.25) is 5.02 Å². The van der Waals surface area contributed by atoms with Crippen molar-refractivity contribution >= 4 is 23.4 Å². The summed E-state index contributed by atoms with van der Waals surface area (Å²) in [5.41, 5.74) is 1.10. The molecule has 0 atom stereocenters. The van der Waals surface area contributed by atoms with Gasteiger partial charge in [0, 0.05) is 6.54 Å². The van der Waals surface area contributed by atoms with Gasteiger partial charge in [0.1, 0.15) is 0 Å².